The van der Waals surface area contributed by atoms with Crippen LogP contribution in [0, 0.1) is 0 Å². The minimum absolute atomic E-state index is 0.0432. The van der Waals surface area contributed by atoms with Gasteiger partial charge >= 0.3 is 6.18 Å². The largest absolute Gasteiger partial charge is 0.451 e. The van der Waals surface area contributed by atoms with E-state index in [9.17, 15) is 21.6 Å². The molecule has 2 aromatic heterocycles. The molecule has 2 N–H and O–H groups in total. The number of benzene rings is 2. The van der Waals surface area contributed by atoms with E-state index in [0.717, 1.165) is 5.82 Å². The zero-order chi connectivity index (χ0) is 26.9. The summed E-state index contributed by atoms with van der Waals surface area (Å²) < 4.78 is 66.2. The van der Waals surface area contributed by atoms with Gasteiger partial charge in [0.05, 0.1) is 16.2 Å². The molecular weight excluding hydrogens is 517 g/mol. The van der Waals surface area contributed by atoms with Crippen molar-refractivity contribution in [2.45, 2.75) is 11.1 Å². The van der Waals surface area contributed by atoms with Crippen LogP contribution >= 0.6 is 0 Å². The maximum Gasteiger partial charge on any atom is 0.451 e. The van der Waals surface area contributed by atoms with Crippen LogP contribution in [0.25, 0.3) is 22.4 Å². The monoisotopic (exact) mass is 540 g/mol. The summed E-state index contributed by atoms with van der Waals surface area (Å²) in [7, 11) is -4.07. The number of anilines is 2. The third kappa shape index (κ3) is 5.31. The number of hydrogen-bond donors (Lipinski definition) is 1. The maximum atomic E-state index is 14.0. The molecular formula is C26H23F3N6O2S. The van der Waals surface area contributed by atoms with Crippen molar-refractivity contribution >= 4 is 21.7 Å². The number of rotatable bonds is 5. The summed E-state index contributed by atoms with van der Waals surface area (Å²) in [5.74, 6) is -0.430. The Bertz CT molecular complexity index is 1540. The molecule has 0 spiro atoms. The molecule has 0 atom stereocenters. The van der Waals surface area contributed by atoms with Gasteiger partial charge in [-0.25, -0.2) is 28.5 Å². The molecule has 0 unspecified atom stereocenters. The summed E-state index contributed by atoms with van der Waals surface area (Å²) in [6.45, 7) is 1.72. The van der Waals surface area contributed by atoms with Gasteiger partial charge in [0.2, 0.25) is 15.8 Å². The third-order valence-electron chi connectivity index (χ3n) is 6.19. The molecule has 0 saturated carbocycles. The Kier molecular flexibility index (Phi) is 6.76. The second-order valence-electron chi connectivity index (χ2n) is 8.69. The van der Waals surface area contributed by atoms with Crippen molar-refractivity contribution in [1.82, 2.24) is 15.0 Å². The minimum atomic E-state index is -4.80. The first kappa shape index (κ1) is 25.6. The van der Waals surface area contributed by atoms with Crippen molar-refractivity contribution in [2.75, 3.05) is 36.0 Å². The van der Waals surface area contributed by atoms with E-state index < -0.39 is 22.0 Å². The summed E-state index contributed by atoms with van der Waals surface area (Å²) in [6, 6.07) is 19.8. The Hall–Kier alpha value is -4.03. The molecule has 12 heteroatoms. The highest BCUT2D eigenvalue weighted by Crippen LogP contribution is 2.41. The van der Waals surface area contributed by atoms with E-state index in [1.54, 1.807) is 47.5 Å². The molecule has 8 nitrogen and oxygen atoms in total. The lowest BCUT2D eigenvalue weighted by atomic mass is 9.98. The van der Waals surface area contributed by atoms with E-state index >= 15 is 0 Å². The van der Waals surface area contributed by atoms with Crippen molar-refractivity contribution in [3.05, 3.63) is 84.8 Å². The van der Waals surface area contributed by atoms with Crippen molar-refractivity contribution in [1.29, 1.82) is 0 Å². The first-order chi connectivity index (χ1) is 18.1. The van der Waals surface area contributed by atoms with Gasteiger partial charge in [0.1, 0.15) is 11.6 Å². The van der Waals surface area contributed by atoms with E-state index in [4.69, 9.17) is 5.14 Å². The van der Waals surface area contributed by atoms with Gasteiger partial charge in [-0.15, -0.1) is 0 Å². The molecule has 38 heavy (non-hydrogen) atoms. The molecule has 2 aromatic carbocycles. The van der Waals surface area contributed by atoms with Gasteiger partial charge < -0.3 is 9.80 Å². The maximum absolute atomic E-state index is 14.0. The van der Waals surface area contributed by atoms with Crippen LogP contribution in [0.15, 0.2) is 83.9 Å². The lowest BCUT2D eigenvalue weighted by Gasteiger charge is -2.37. The van der Waals surface area contributed by atoms with Crippen LogP contribution in [0.2, 0.25) is 0 Å². The Morgan fingerprint density at radius 3 is 2.08 bits per heavy atom. The minimum Gasteiger partial charge on any atom is -0.353 e. The Morgan fingerprint density at radius 2 is 1.45 bits per heavy atom. The Morgan fingerprint density at radius 1 is 0.789 bits per heavy atom. The molecule has 0 amide bonds. The molecule has 1 fully saturated rings. The van der Waals surface area contributed by atoms with Crippen LogP contribution in [0.3, 0.4) is 0 Å². The van der Waals surface area contributed by atoms with E-state index in [1.807, 2.05) is 23.1 Å². The number of primary sulfonamides is 1. The summed E-state index contributed by atoms with van der Waals surface area (Å²) in [4.78, 5) is 15.9. The topological polar surface area (TPSA) is 105 Å². The normalized spacial score (nSPS) is 14.5. The average Bonchev–Trinajstić information content (AvgIpc) is 2.92. The molecule has 1 aliphatic heterocycles. The number of sulfonamides is 1. The highest BCUT2D eigenvalue weighted by Gasteiger charge is 2.38. The molecule has 1 aliphatic rings. The zero-order valence-electron chi connectivity index (χ0n) is 20.0. The lowest BCUT2D eigenvalue weighted by Crippen LogP contribution is -2.47. The van der Waals surface area contributed by atoms with Crippen LogP contribution in [0.5, 0.6) is 0 Å². The van der Waals surface area contributed by atoms with Crippen LogP contribution in [0.4, 0.5) is 24.8 Å². The van der Waals surface area contributed by atoms with Gasteiger partial charge in [-0.3, -0.25) is 0 Å². The molecule has 3 heterocycles. The smallest absolute Gasteiger partial charge is 0.353 e. The van der Waals surface area contributed by atoms with Gasteiger partial charge in [0, 0.05) is 37.9 Å². The molecule has 0 radical (unpaired) electrons. The van der Waals surface area contributed by atoms with Gasteiger partial charge in [-0.2, -0.15) is 13.2 Å². The van der Waals surface area contributed by atoms with E-state index in [1.165, 1.54) is 18.2 Å². The zero-order valence-corrected chi connectivity index (χ0v) is 20.8. The van der Waals surface area contributed by atoms with E-state index in [2.05, 4.69) is 15.0 Å². The quantitative estimate of drug-likeness (QED) is 0.405. The van der Waals surface area contributed by atoms with Crippen LogP contribution < -0.4 is 14.9 Å². The summed E-state index contributed by atoms with van der Waals surface area (Å²) in [6.07, 6.45) is -3.11. The summed E-state index contributed by atoms with van der Waals surface area (Å²) in [5, 5.41) is 5.36. The Labute approximate surface area is 217 Å². The van der Waals surface area contributed by atoms with Crippen molar-refractivity contribution in [2.24, 2.45) is 5.14 Å². The Balaban J connectivity index is 1.68. The predicted molar refractivity (Wildman–Crippen MR) is 138 cm³/mol. The number of alkyl halides is 3. The first-order valence-corrected chi connectivity index (χ1v) is 13.2. The van der Waals surface area contributed by atoms with Crippen LogP contribution in [0.1, 0.15) is 5.82 Å². The fourth-order valence-corrected chi connectivity index (χ4v) is 4.95. The van der Waals surface area contributed by atoms with Gasteiger partial charge in [0.25, 0.3) is 0 Å². The third-order valence-corrected chi connectivity index (χ3v) is 7.11. The number of hydrogen-bond acceptors (Lipinski definition) is 7. The molecule has 5 rings (SSSR count). The van der Waals surface area contributed by atoms with Gasteiger partial charge in [0.15, 0.2) is 0 Å². The lowest BCUT2D eigenvalue weighted by molar-refractivity contribution is -0.144. The molecule has 4 aromatic rings. The summed E-state index contributed by atoms with van der Waals surface area (Å²) >= 11 is 0. The number of nitrogens with zero attached hydrogens (tertiary/aromatic N) is 5. The second-order valence-corrected chi connectivity index (χ2v) is 10.3. The van der Waals surface area contributed by atoms with Crippen LogP contribution in [-0.4, -0.2) is 49.5 Å². The van der Waals surface area contributed by atoms with E-state index in [0.29, 0.717) is 42.9 Å². The number of nitrogens with two attached hydrogens (primary N) is 1. The number of piperazine rings is 1. The molecule has 1 saturated heterocycles. The molecule has 0 aliphatic carbocycles. The van der Waals surface area contributed by atoms with Gasteiger partial charge in [-0.05, 0) is 29.8 Å². The highest BCUT2D eigenvalue weighted by atomic mass is 32.2. The van der Waals surface area contributed by atoms with E-state index in [-0.39, 0.29) is 16.4 Å². The average molecular weight is 541 g/mol. The van der Waals surface area contributed by atoms with Gasteiger partial charge in [-0.1, -0.05) is 48.5 Å². The molecule has 196 valence electrons. The first-order valence-electron chi connectivity index (χ1n) is 11.7. The SMILES string of the molecule is NS(=O)(=O)c1cccc(-c2c(-c3ccccc3)nc(C(F)(F)F)nc2N2CCN(c3ccccn3)CC2)c1. The standard InChI is InChI=1S/C26H23F3N6O2S/c27-26(28,29)25-32-23(18-7-2-1-3-8-18)22(19-9-6-10-20(17-19)38(30,36)37)24(33-25)35-15-13-34(14-16-35)21-11-4-5-12-31-21/h1-12,17H,13-16H2,(H2,30,36,37). The summed E-state index contributed by atoms with van der Waals surface area (Å²) in [5.41, 5.74) is 1.11. The fourth-order valence-electron chi connectivity index (χ4n) is 4.39. The van der Waals surface area contributed by atoms with Crippen molar-refractivity contribution in [3.8, 4) is 22.4 Å². The number of aromatic nitrogens is 3. The fraction of sp³-hybridized carbons (Fsp3) is 0.192. The van der Waals surface area contributed by atoms with Crippen molar-refractivity contribution < 1.29 is 21.6 Å². The number of pyridine rings is 1. The number of halogens is 3. The predicted octanol–water partition coefficient (Wildman–Crippen LogP) is 4.20. The van der Waals surface area contributed by atoms with Crippen LogP contribution in [-0.2, 0) is 16.2 Å². The second kappa shape index (κ2) is 10.0. The highest BCUT2D eigenvalue weighted by molar-refractivity contribution is 7.89. The van der Waals surface area contributed by atoms with Crippen molar-refractivity contribution in [3.63, 3.8) is 0 Å². The molecule has 0 bridgehead atoms.